The van der Waals surface area contributed by atoms with Crippen molar-refractivity contribution in [2.24, 2.45) is 0 Å². The first-order valence-corrected chi connectivity index (χ1v) is 11.4. The van der Waals surface area contributed by atoms with Gasteiger partial charge in [0.15, 0.2) is 5.13 Å². The fraction of sp³-hybridized carbons (Fsp3) is 0.130. The highest BCUT2D eigenvalue weighted by Crippen LogP contribution is 2.32. The van der Waals surface area contributed by atoms with Gasteiger partial charge in [0.05, 0.1) is 10.6 Å². The number of benzene rings is 2. The molecule has 4 rings (SSSR count). The number of halogens is 1. The van der Waals surface area contributed by atoms with Gasteiger partial charge < -0.3 is 5.32 Å². The van der Waals surface area contributed by atoms with Crippen LogP contribution in [0.15, 0.2) is 58.8 Å². The van der Waals surface area contributed by atoms with Gasteiger partial charge in [0.2, 0.25) is 5.91 Å². The maximum atomic E-state index is 13.1. The summed E-state index contributed by atoms with van der Waals surface area (Å²) in [5.74, 6) is -1.09. The first-order chi connectivity index (χ1) is 15.4. The predicted molar refractivity (Wildman–Crippen MR) is 125 cm³/mol. The average molecular weight is 468 g/mol. The molecule has 3 amide bonds. The van der Waals surface area contributed by atoms with E-state index in [9.17, 15) is 18.8 Å². The summed E-state index contributed by atoms with van der Waals surface area (Å²) in [6.45, 7) is 1.94. The second kappa shape index (κ2) is 9.46. The molecule has 32 heavy (non-hydrogen) atoms. The number of aromatic nitrogens is 1. The lowest BCUT2D eigenvalue weighted by Gasteiger charge is -2.11. The first kappa shape index (κ1) is 21.9. The van der Waals surface area contributed by atoms with E-state index >= 15 is 0 Å². The molecular weight excluding hydrogens is 449 g/mol. The molecule has 2 aromatic carbocycles. The molecule has 2 heterocycles. The van der Waals surface area contributed by atoms with Crippen LogP contribution in [0, 0.1) is 12.7 Å². The lowest BCUT2D eigenvalue weighted by molar-refractivity contribution is -0.123. The fourth-order valence-corrected chi connectivity index (χ4v) is 4.68. The van der Waals surface area contributed by atoms with Crippen LogP contribution in [0.25, 0.3) is 17.3 Å². The SMILES string of the molecule is Cc1cccc(C=C2SC(=O)N(CCC(=O)Nc3nc(-c4ccc(F)cc4)cs3)C2=O)c1. The van der Waals surface area contributed by atoms with Crippen LogP contribution in [0.5, 0.6) is 0 Å². The van der Waals surface area contributed by atoms with Gasteiger partial charge in [-0.1, -0.05) is 29.8 Å². The Bertz CT molecular complexity index is 1220. The summed E-state index contributed by atoms with van der Waals surface area (Å²) in [6.07, 6.45) is 1.64. The summed E-state index contributed by atoms with van der Waals surface area (Å²) in [4.78, 5) is 42.9. The average Bonchev–Trinajstić information content (AvgIpc) is 3.32. The monoisotopic (exact) mass is 467 g/mol. The standard InChI is InChI=1S/C23H18FN3O3S2/c1-14-3-2-4-15(11-14)12-19-21(29)27(23(30)32-19)10-9-20(28)26-22-25-18(13-31-22)16-5-7-17(24)8-6-16/h2-8,11-13H,9-10H2,1H3,(H,25,26,28). The topological polar surface area (TPSA) is 79.4 Å². The molecule has 6 nitrogen and oxygen atoms in total. The molecule has 0 radical (unpaired) electrons. The highest BCUT2D eigenvalue weighted by Gasteiger charge is 2.35. The minimum Gasteiger partial charge on any atom is -0.302 e. The second-order valence-corrected chi connectivity index (χ2v) is 8.94. The molecule has 1 aromatic heterocycles. The number of nitrogens with zero attached hydrogens (tertiary/aromatic N) is 2. The number of amides is 3. The molecule has 1 aliphatic rings. The van der Waals surface area contributed by atoms with Crippen LogP contribution >= 0.6 is 23.1 Å². The number of carbonyl (C=O) groups excluding carboxylic acids is 3. The largest absolute Gasteiger partial charge is 0.302 e. The number of anilines is 1. The third-order valence-electron chi connectivity index (χ3n) is 4.67. The molecule has 0 unspecified atom stereocenters. The molecule has 1 aliphatic heterocycles. The van der Waals surface area contributed by atoms with E-state index in [1.165, 1.54) is 23.5 Å². The van der Waals surface area contributed by atoms with Crippen molar-refractivity contribution < 1.29 is 18.8 Å². The van der Waals surface area contributed by atoms with E-state index in [1.54, 1.807) is 23.6 Å². The van der Waals surface area contributed by atoms with E-state index in [-0.39, 0.29) is 24.7 Å². The third-order valence-corrected chi connectivity index (χ3v) is 6.33. The maximum absolute atomic E-state index is 13.1. The van der Waals surface area contributed by atoms with Crippen molar-refractivity contribution in [1.82, 2.24) is 9.88 Å². The van der Waals surface area contributed by atoms with Crippen LogP contribution in [0.4, 0.5) is 14.3 Å². The van der Waals surface area contributed by atoms with Crippen molar-refractivity contribution >= 4 is 51.4 Å². The molecular formula is C23H18FN3O3S2. The Hall–Kier alpha value is -3.30. The number of imide groups is 1. The maximum Gasteiger partial charge on any atom is 0.293 e. The Kier molecular flexibility index (Phi) is 6.48. The number of aryl methyl sites for hydroxylation is 1. The smallest absolute Gasteiger partial charge is 0.293 e. The van der Waals surface area contributed by atoms with Gasteiger partial charge in [0.1, 0.15) is 5.82 Å². The number of carbonyl (C=O) groups is 3. The van der Waals surface area contributed by atoms with E-state index in [0.29, 0.717) is 15.7 Å². The van der Waals surface area contributed by atoms with Crippen LogP contribution in [0.3, 0.4) is 0 Å². The van der Waals surface area contributed by atoms with Gasteiger partial charge in [0.25, 0.3) is 11.1 Å². The van der Waals surface area contributed by atoms with Crippen LogP contribution < -0.4 is 5.32 Å². The van der Waals surface area contributed by atoms with Crippen LogP contribution in [0.1, 0.15) is 17.5 Å². The Morgan fingerprint density at radius 3 is 2.72 bits per heavy atom. The lowest BCUT2D eigenvalue weighted by atomic mass is 10.1. The van der Waals surface area contributed by atoms with Crippen LogP contribution in [0.2, 0.25) is 0 Å². The quantitative estimate of drug-likeness (QED) is 0.496. The van der Waals surface area contributed by atoms with Gasteiger partial charge >= 0.3 is 0 Å². The first-order valence-electron chi connectivity index (χ1n) is 9.72. The Morgan fingerprint density at radius 2 is 1.97 bits per heavy atom. The predicted octanol–water partition coefficient (Wildman–Crippen LogP) is 5.32. The zero-order valence-electron chi connectivity index (χ0n) is 17.0. The highest BCUT2D eigenvalue weighted by atomic mass is 32.2. The zero-order valence-corrected chi connectivity index (χ0v) is 18.6. The van der Waals surface area contributed by atoms with Gasteiger partial charge in [-0.25, -0.2) is 9.37 Å². The number of nitrogens with one attached hydrogen (secondary N) is 1. The van der Waals surface area contributed by atoms with Crippen molar-refractivity contribution in [3.8, 4) is 11.3 Å². The lowest BCUT2D eigenvalue weighted by Crippen LogP contribution is -2.31. The Morgan fingerprint density at radius 1 is 1.19 bits per heavy atom. The van der Waals surface area contributed by atoms with E-state index in [1.807, 2.05) is 31.2 Å². The summed E-state index contributed by atoms with van der Waals surface area (Å²) < 4.78 is 13.1. The molecule has 3 aromatic rings. The van der Waals surface area contributed by atoms with Crippen molar-refractivity contribution in [3.05, 3.63) is 75.8 Å². The van der Waals surface area contributed by atoms with Crippen molar-refractivity contribution in [3.63, 3.8) is 0 Å². The molecule has 9 heteroatoms. The molecule has 0 spiro atoms. The summed E-state index contributed by atoms with van der Waals surface area (Å²) in [5.41, 5.74) is 3.26. The number of thioether (sulfide) groups is 1. The molecule has 0 bridgehead atoms. The fourth-order valence-electron chi connectivity index (χ4n) is 3.08. The van der Waals surface area contributed by atoms with E-state index in [0.717, 1.165) is 33.4 Å². The summed E-state index contributed by atoms with van der Waals surface area (Å²) >= 11 is 2.11. The zero-order chi connectivity index (χ0) is 22.7. The van der Waals surface area contributed by atoms with Gasteiger partial charge in [-0.15, -0.1) is 11.3 Å². The normalized spacial score (nSPS) is 14.9. The molecule has 1 N–H and O–H groups in total. The van der Waals surface area contributed by atoms with Crippen molar-refractivity contribution in [2.45, 2.75) is 13.3 Å². The van der Waals surface area contributed by atoms with E-state index in [4.69, 9.17) is 0 Å². The van der Waals surface area contributed by atoms with Crippen molar-refractivity contribution in [1.29, 1.82) is 0 Å². The number of rotatable bonds is 6. The molecule has 1 fully saturated rings. The number of thiazole rings is 1. The highest BCUT2D eigenvalue weighted by molar-refractivity contribution is 8.18. The summed E-state index contributed by atoms with van der Waals surface area (Å²) in [7, 11) is 0. The Balaban J connectivity index is 1.34. The Labute approximate surface area is 192 Å². The van der Waals surface area contributed by atoms with Crippen LogP contribution in [-0.4, -0.2) is 33.5 Å². The van der Waals surface area contributed by atoms with Gasteiger partial charge in [0, 0.05) is 23.9 Å². The van der Waals surface area contributed by atoms with E-state index in [2.05, 4.69) is 10.3 Å². The van der Waals surface area contributed by atoms with E-state index < -0.39 is 11.1 Å². The minimum atomic E-state index is -0.401. The van der Waals surface area contributed by atoms with Crippen molar-refractivity contribution in [2.75, 3.05) is 11.9 Å². The second-order valence-electron chi connectivity index (χ2n) is 7.09. The molecule has 0 atom stereocenters. The summed E-state index contributed by atoms with van der Waals surface area (Å²) in [5, 5.41) is 4.43. The molecule has 0 saturated carbocycles. The third kappa shape index (κ3) is 5.12. The number of hydrogen-bond donors (Lipinski definition) is 1. The van der Waals surface area contributed by atoms with Gasteiger partial charge in [-0.05, 0) is 54.6 Å². The van der Waals surface area contributed by atoms with Gasteiger partial charge in [-0.3, -0.25) is 19.3 Å². The van der Waals surface area contributed by atoms with Gasteiger partial charge in [-0.2, -0.15) is 0 Å². The molecule has 0 aliphatic carbocycles. The minimum absolute atomic E-state index is 0.0160. The molecule has 162 valence electrons. The van der Waals surface area contributed by atoms with Crippen LogP contribution in [-0.2, 0) is 9.59 Å². The number of hydrogen-bond acceptors (Lipinski definition) is 6. The molecule has 1 saturated heterocycles. The summed E-state index contributed by atoms with van der Waals surface area (Å²) in [6, 6.07) is 13.5.